The van der Waals surface area contributed by atoms with Crippen molar-refractivity contribution in [2.75, 3.05) is 6.61 Å². The van der Waals surface area contributed by atoms with Crippen LogP contribution in [0.5, 0.6) is 5.88 Å². The molecule has 3 aromatic rings. The molecule has 1 N–H and O–H groups in total. The third-order valence-electron chi connectivity index (χ3n) is 3.71. The van der Waals surface area contributed by atoms with Gasteiger partial charge in [-0.25, -0.2) is 9.97 Å². The maximum Gasteiger partial charge on any atom is 0.271 e. The van der Waals surface area contributed by atoms with E-state index in [1.165, 1.54) is 11.3 Å². The predicted octanol–water partition coefficient (Wildman–Crippen LogP) is 3.05. The first-order chi connectivity index (χ1) is 12.7. The van der Waals surface area contributed by atoms with E-state index in [0.29, 0.717) is 24.7 Å². The number of aromatic nitrogens is 4. The molecule has 136 valence electrons. The maximum absolute atomic E-state index is 12.4. The fourth-order valence-electron chi connectivity index (χ4n) is 2.31. The van der Waals surface area contributed by atoms with Crippen molar-refractivity contribution in [3.63, 3.8) is 0 Å². The van der Waals surface area contributed by atoms with E-state index in [2.05, 4.69) is 27.3 Å². The van der Waals surface area contributed by atoms with Gasteiger partial charge >= 0.3 is 0 Å². The number of rotatable bonds is 8. The average Bonchev–Trinajstić information content (AvgIpc) is 3.30. The molecule has 0 saturated carbocycles. The van der Waals surface area contributed by atoms with E-state index < -0.39 is 0 Å². The molecule has 0 fully saturated rings. The molecule has 0 aliphatic carbocycles. The number of aryl methyl sites for hydroxylation is 1. The Morgan fingerprint density at radius 3 is 3.08 bits per heavy atom. The van der Waals surface area contributed by atoms with Crippen molar-refractivity contribution in [2.24, 2.45) is 7.05 Å². The highest BCUT2D eigenvalue weighted by atomic mass is 32.1. The Hall–Kier alpha value is -2.74. The first kappa shape index (κ1) is 18.1. The number of pyridine rings is 1. The number of ether oxygens (including phenoxy) is 1. The highest BCUT2D eigenvalue weighted by Crippen LogP contribution is 2.23. The summed E-state index contributed by atoms with van der Waals surface area (Å²) in [5.41, 5.74) is 2.14. The Labute approximate surface area is 156 Å². The van der Waals surface area contributed by atoms with Gasteiger partial charge in [0.05, 0.1) is 12.8 Å². The van der Waals surface area contributed by atoms with E-state index in [-0.39, 0.29) is 5.91 Å². The summed E-state index contributed by atoms with van der Waals surface area (Å²) in [5.74, 6) is 0.343. The van der Waals surface area contributed by atoms with Crippen LogP contribution < -0.4 is 10.1 Å². The van der Waals surface area contributed by atoms with Crippen molar-refractivity contribution in [1.29, 1.82) is 0 Å². The van der Waals surface area contributed by atoms with Crippen LogP contribution in [-0.2, 0) is 13.6 Å². The Morgan fingerprint density at radius 2 is 2.31 bits per heavy atom. The molecule has 0 radical (unpaired) electrons. The normalized spacial score (nSPS) is 10.7. The largest absolute Gasteiger partial charge is 0.477 e. The van der Waals surface area contributed by atoms with Crippen molar-refractivity contribution in [3.05, 3.63) is 47.4 Å². The first-order valence-electron chi connectivity index (χ1n) is 8.46. The van der Waals surface area contributed by atoms with Gasteiger partial charge in [0.25, 0.3) is 5.91 Å². The number of carbonyl (C=O) groups is 1. The van der Waals surface area contributed by atoms with Gasteiger partial charge in [0.15, 0.2) is 0 Å². The van der Waals surface area contributed by atoms with Crippen LogP contribution >= 0.6 is 11.3 Å². The smallest absolute Gasteiger partial charge is 0.271 e. The number of amides is 1. The van der Waals surface area contributed by atoms with Gasteiger partial charge in [-0.15, -0.1) is 11.3 Å². The second kappa shape index (κ2) is 8.57. The van der Waals surface area contributed by atoms with Gasteiger partial charge < -0.3 is 10.1 Å². The quantitative estimate of drug-likeness (QED) is 0.616. The van der Waals surface area contributed by atoms with Crippen molar-refractivity contribution in [3.8, 4) is 16.5 Å². The molecular weight excluding hydrogens is 350 g/mol. The molecule has 1 amide bonds. The molecule has 0 saturated heterocycles. The lowest BCUT2D eigenvalue weighted by Gasteiger charge is -2.10. The molecule has 0 bridgehead atoms. The lowest BCUT2D eigenvalue weighted by molar-refractivity contribution is 0.0946. The fraction of sp³-hybridized carbons (Fsp3) is 0.333. The summed E-state index contributed by atoms with van der Waals surface area (Å²) in [4.78, 5) is 21.0. The molecule has 0 aromatic carbocycles. The van der Waals surface area contributed by atoms with Crippen LogP contribution in [0.25, 0.3) is 10.6 Å². The summed E-state index contributed by atoms with van der Waals surface area (Å²) in [7, 11) is 1.85. The van der Waals surface area contributed by atoms with E-state index in [9.17, 15) is 4.79 Å². The molecular formula is C18H21N5O2S. The van der Waals surface area contributed by atoms with Crippen LogP contribution in [0.2, 0.25) is 0 Å². The second-order valence-electron chi connectivity index (χ2n) is 5.79. The fourth-order valence-corrected chi connectivity index (χ4v) is 3.09. The minimum absolute atomic E-state index is 0.222. The molecule has 0 unspecified atom stereocenters. The standard InChI is InChI=1S/C18H21N5O2S/c1-3-4-8-25-17-13(6-5-7-19-17)9-20-16(24)15-12-26-18(22-15)14-10-21-23(2)11-14/h5-7,10-12H,3-4,8-9H2,1-2H3,(H,20,24). The summed E-state index contributed by atoms with van der Waals surface area (Å²) >= 11 is 1.42. The summed E-state index contributed by atoms with van der Waals surface area (Å²) in [6, 6.07) is 3.73. The average molecular weight is 371 g/mol. The van der Waals surface area contributed by atoms with Crippen molar-refractivity contribution >= 4 is 17.2 Å². The Bertz CT molecular complexity index is 874. The minimum atomic E-state index is -0.222. The van der Waals surface area contributed by atoms with Gasteiger partial charge in [-0.3, -0.25) is 9.48 Å². The number of hydrogen-bond donors (Lipinski definition) is 1. The van der Waals surface area contributed by atoms with Crippen LogP contribution in [0.3, 0.4) is 0 Å². The maximum atomic E-state index is 12.4. The second-order valence-corrected chi connectivity index (χ2v) is 6.65. The lowest BCUT2D eigenvalue weighted by atomic mass is 10.2. The minimum Gasteiger partial charge on any atom is -0.477 e. The molecule has 0 aliphatic heterocycles. The Balaban J connectivity index is 1.62. The van der Waals surface area contributed by atoms with Crippen molar-refractivity contribution in [1.82, 2.24) is 25.1 Å². The van der Waals surface area contributed by atoms with Gasteiger partial charge in [0, 0.05) is 42.5 Å². The van der Waals surface area contributed by atoms with Crippen LogP contribution in [0.15, 0.2) is 36.1 Å². The zero-order valence-corrected chi connectivity index (χ0v) is 15.6. The Morgan fingerprint density at radius 1 is 1.42 bits per heavy atom. The van der Waals surface area contributed by atoms with Crippen molar-refractivity contribution < 1.29 is 9.53 Å². The van der Waals surface area contributed by atoms with E-state index in [0.717, 1.165) is 29.0 Å². The first-order valence-corrected chi connectivity index (χ1v) is 9.34. The van der Waals surface area contributed by atoms with Crippen LogP contribution in [0, 0.1) is 0 Å². The number of nitrogens with zero attached hydrogens (tertiary/aromatic N) is 4. The monoisotopic (exact) mass is 371 g/mol. The number of nitrogens with one attached hydrogen (secondary N) is 1. The van der Waals surface area contributed by atoms with E-state index in [4.69, 9.17) is 4.74 Å². The van der Waals surface area contributed by atoms with Gasteiger partial charge in [-0.2, -0.15) is 5.10 Å². The molecule has 3 rings (SSSR count). The highest BCUT2D eigenvalue weighted by molar-refractivity contribution is 7.13. The molecule has 8 heteroatoms. The van der Waals surface area contributed by atoms with E-state index in [1.54, 1.807) is 22.5 Å². The SMILES string of the molecule is CCCCOc1ncccc1CNC(=O)c1csc(-c2cnn(C)c2)n1. The summed E-state index contributed by atoms with van der Waals surface area (Å²) < 4.78 is 7.40. The van der Waals surface area contributed by atoms with Gasteiger partial charge in [0.2, 0.25) is 5.88 Å². The van der Waals surface area contributed by atoms with E-state index >= 15 is 0 Å². The Kier molecular flexibility index (Phi) is 5.96. The summed E-state index contributed by atoms with van der Waals surface area (Å²) in [5, 5.41) is 9.53. The molecule has 7 nitrogen and oxygen atoms in total. The number of unbranched alkanes of at least 4 members (excludes halogenated alkanes) is 1. The third-order valence-corrected chi connectivity index (χ3v) is 4.61. The van der Waals surface area contributed by atoms with Crippen LogP contribution in [0.1, 0.15) is 35.8 Å². The highest BCUT2D eigenvalue weighted by Gasteiger charge is 2.14. The van der Waals surface area contributed by atoms with Gasteiger partial charge in [0.1, 0.15) is 10.7 Å². The zero-order valence-electron chi connectivity index (χ0n) is 14.8. The molecule has 3 aromatic heterocycles. The molecule has 3 heterocycles. The molecule has 0 atom stereocenters. The molecule has 26 heavy (non-hydrogen) atoms. The number of hydrogen-bond acceptors (Lipinski definition) is 6. The molecule has 0 aliphatic rings. The topological polar surface area (TPSA) is 81.9 Å². The number of carbonyl (C=O) groups excluding carboxylic acids is 1. The summed E-state index contributed by atoms with van der Waals surface area (Å²) in [6.45, 7) is 3.07. The number of thiazole rings is 1. The lowest BCUT2D eigenvalue weighted by Crippen LogP contribution is -2.23. The third kappa shape index (κ3) is 4.45. The van der Waals surface area contributed by atoms with E-state index in [1.807, 2.05) is 25.4 Å². The van der Waals surface area contributed by atoms with Crippen LogP contribution in [-0.4, -0.2) is 32.3 Å². The van der Waals surface area contributed by atoms with Crippen molar-refractivity contribution in [2.45, 2.75) is 26.3 Å². The van der Waals surface area contributed by atoms with Crippen LogP contribution in [0.4, 0.5) is 0 Å². The summed E-state index contributed by atoms with van der Waals surface area (Å²) in [6.07, 6.45) is 7.32. The van der Waals surface area contributed by atoms with Gasteiger partial charge in [-0.1, -0.05) is 19.4 Å². The predicted molar refractivity (Wildman–Crippen MR) is 100 cm³/mol. The zero-order chi connectivity index (χ0) is 18.4. The molecule has 0 spiro atoms. The van der Waals surface area contributed by atoms with Gasteiger partial charge in [-0.05, 0) is 12.5 Å².